The lowest BCUT2D eigenvalue weighted by Crippen LogP contribution is -2.23. The third-order valence-corrected chi connectivity index (χ3v) is 3.25. The molecule has 94 valence electrons. The lowest BCUT2D eigenvalue weighted by atomic mass is 9.83. The number of fused-ring (bicyclic) bond motifs is 2. The fraction of sp³-hybridized carbons (Fsp3) is 0. The summed E-state index contributed by atoms with van der Waals surface area (Å²) in [6, 6.07) is 7.34. The summed E-state index contributed by atoms with van der Waals surface area (Å²) in [7, 11) is 0. The first-order valence-electron chi connectivity index (χ1n) is 5.58. The lowest BCUT2D eigenvalue weighted by molar-refractivity contribution is 0.0979. The van der Waals surface area contributed by atoms with Crippen LogP contribution in [0.25, 0.3) is 0 Å². The largest absolute Gasteiger partial charge is 0.396 e. The Kier molecular flexibility index (Phi) is 2.19. The van der Waals surface area contributed by atoms with Crippen LogP contribution >= 0.6 is 0 Å². The van der Waals surface area contributed by atoms with E-state index in [1.807, 2.05) is 0 Å². The molecule has 4 nitrogen and oxygen atoms in total. The number of nitrogens with two attached hydrogens (primary N) is 2. The Labute approximate surface area is 107 Å². The standard InChI is InChI=1S/C14H9FN2O2/c15-9-5-8-10(12(17)11(9)16)14(19)7-4-2-1-3-6(7)13(8)18/h1-5H,16-17H2. The number of ketones is 2. The molecular weight excluding hydrogens is 247 g/mol. The van der Waals surface area contributed by atoms with Crippen molar-refractivity contribution >= 4 is 22.9 Å². The van der Waals surface area contributed by atoms with Crippen molar-refractivity contribution in [3.8, 4) is 0 Å². The van der Waals surface area contributed by atoms with Crippen LogP contribution < -0.4 is 11.5 Å². The monoisotopic (exact) mass is 256 g/mol. The second-order valence-electron chi connectivity index (χ2n) is 4.31. The van der Waals surface area contributed by atoms with Crippen LogP contribution in [0.15, 0.2) is 30.3 Å². The van der Waals surface area contributed by atoms with Gasteiger partial charge in [-0.3, -0.25) is 9.59 Å². The van der Waals surface area contributed by atoms with Crippen molar-refractivity contribution in [2.75, 3.05) is 11.5 Å². The molecule has 0 radical (unpaired) electrons. The summed E-state index contributed by atoms with van der Waals surface area (Å²) in [6.07, 6.45) is 0. The molecule has 3 rings (SSSR count). The summed E-state index contributed by atoms with van der Waals surface area (Å²) in [6.45, 7) is 0. The first kappa shape index (κ1) is 11.4. The molecule has 0 heterocycles. The quantitative estimate of drug-likeness (QED) is 0.600. The number of carbonyl (C=O) groups is 2. The van der Waals surface area contributed by atoms with E-state index in [0.29, 0.717) is 0 Å². The summed E-state index contributed by atoms with van der Waals surface area (Å²) in [5.41, 5.74) is 11.1. The third-order valence-electron chi connectivity index (χ3n) is 3.25. The number of rotatable bonds is 0. The highest BCUT2D eigenvalue weighted by Gasteiger charge is 2.32. The van der Waals surface area contributed by atoms with Crippen molar-refractivity contribution in [1.82, 2.24) is 0 Å². The maximum Gasteiger partial charge on any atom is 0.196 e. The van der Waals surface area contributed by atoms with Gasteiger partial charge in [0.05, 0.1) is 16.9 Å². The van der Waals surface area contributed by atoms with Gasteiger partial charge in [0.25, 0.3) is 0 Å². The van der Waals surface area contributed by atoms with E-state index in [1.54, 1.807) is 12.1 Å². The van der Waals surface area contributed by atoms with Gasteiger partial charge in [-0.2, -0.15) is 0 Å². The second kappa shape index (κ2) is 3.65. The van der Waals surface area contributed by atoms with E-state index in [9.17, 15) is 14.0 Å². The minimum atomic E-state index is -0.795. The molecule has 0 saturated heterocycles. The molecule has 0 aromatic heterocycles. The van der Waals surface area contributed by atoms with Crippen LogP contribution in [-0.4, -0.2) is 11.6 Å². The summed E-state index contributed by atoms with van der Waals surface area (Å²) >= 11 is 0. The van der Waals surface area contributed by atoms with Crippen LogP contribution in [0.2, 0.25) is 0 Å². The fourth-order valence-electron chi connectivity index (χ4n) is 2.27. The minimum Gasteiger partial charge on any atom is -0.396 e. The summed E-state index contributed by atoms with van der Waals surface area (Å²) < 4.78 is 13.6. The van der Waals surface area contributed by atoms with Crippen molar-refractivity contribution in [2.45, 2.75) is 0 Å². The Balaban J connectivity index is 2.40. The van der Waals surface area contributed by atoms with Gasteiger partial charge < -0.3 is 11.5 Å². The molecule has 0 saturated carbocycles. The highest BCUT2D eigenvalue weighted by Crippen LogP contribution is 2.34. The third kappa shape index (κ3) is 1.38. The molecule has 0 bridgehead atoms. The number of nitrogen functional groups attached to an aromatic ring is 2. The maximum absolute atomic E-state index is 13.6. The minimum absolute atomic E-state index is 0.0115. The number of hydrogen-bond donors (Lipinski definition) is 2. The molecule has 0 atom stereocenters. The van der Waals surface area contributed by atoms with E-state index in [-0.39, 0.29) is 33.6 Å². The van der Waals surface area contributed by atoms with Crippen molar-refractivity contribution in [1.29, 1.82) is 0 Å². The molecular formula is C14H9FN2O2. The molecule has 0 spiro atoms. The number of benzene rings is 2. The van der Waals surface area contributed by atoms with E-state index < -0.39 is 17.4 Å². The van der Waals surface area contributed by atoms with Crippen LogP contribution in [0, 0.1) is 5.82 Å². The number of hydrogen-bond acceptors (Lipinski definition) is 4. The second-order valence-corrected chi connectivity index (χ2v) is 4.31. The molecule has 0 aliphatic heterocycles. The predicted molar refractivity (Wildman–Crippen MR) is 68.5 cm³/mol. The highest BCUT2D eigenvalue weighted by atomic mass is 19.1. The van der Waals surface area contributed by atoms with E-state index >= 15 is 0 Å². The Morgan fingerprint density at radius 3 is 2.05 bits per heavy atom. The van der Waals surface area contributed by atoms with Gasteiger partial charge in [-0.1, -0.05) is 24.3 Å². The van der Waals surface area contributed by atoms with Gasteiger partial charge >= 0.3 is 0 Å². The van der Waals surface area contributed by atoms with Crippen LogP contribution in [0.5, 0.6) is 0 Å². The van der Waals surface area contributed by atoms with E-state index in [4.69, 9.17) is 11.5 Å². The number of carbonyl (C=O) groups excluding carboxylic acids is 2. The molecule has 0 fully saturated rings. The molecule has 0 unspecified atom stereocenters. The molecule has 4 N–H and O–H groups in total. The normalized spacial score (nSPS) is 13.1. The van der Waals surface area contributed by atoms with Gasteiger partial charge in [-0.25, -0.2) is 4.39 Å². The van der Waals surface area contributed by atoms with Gasteiger partial charge in [0.2, 0.25) is 0 Å². The van der Waals surface area contributed by atoms with Crippen molar-refractivity contribution in [3.63, 3.8) is 0 Å². The van der Waals surface area contributed by atoms with E-state index in [1.165, 1.54) is 12.1 Å². The Hall–Kier alpha value is -2.69. The van der Waals surface area contributed by atoms with Crippen molar-refractivity contribution in [3.05, 3.63) is 58.4 Å². The molecule has 5 heteroatoms. The molecule has 2 aromatic rings. The molecule has 1 aliphatic carbocycles. The van der Waals surface area contributed by atoms with Gasteiger partial charge in [-0.05, 0) is 6.07 Å². The van der Waals surface area contributed by atoms with Gasteiger partial charge in [0.15, 0.2) is 11.6 Å². The van der Waals surface area contributed by atoms with E-state index in [2.05, 4.69) is 0 Å². The van der Waals surface area contributed by atoms with Gasteiger partial charge in [0, 0.05) is 16.7 Å². The van der Waals surface area contributed by atoms with Crippen molar-refractivity contribution in [2.24, 2.45) is 0 Å². The SMILES string of the molecule is Nc1c(F)cc2c(c1N)C(=O)c1ccccc1C2=O. The van der Waals surface area contributed by atoms with Crippen LogP contribution in [0.1, 0.15) is 31.8 Å². The average molecular weight is 256 g/mol. The molecule has 19 heavy (non-hydrogen) atoms. The van der Waals surface area contributed by atoms with Gasteiger partial charge in [-0.15, -0.1) is 0 Å². The maximum atomic E-state index is 13.6. The zero-order valence-corrected chi connectivity index (χ0v) is 9.74. The lowest BCUT2D eigenvalue weighted by Gasteiger charge is -2.19. The van der Waals surface area contributed by atoms with Gasteiger partial charge in [0.1, 0.15) is 5.82 Å². The number of anilines is 2. The van der Waals surface area contributed by atoms with Crippen LogP contribution in [-0.2, 0) is 0 Å². The predicted octanol–water partition coefficient (Wildman–Crippen LogP) is 1.77. The zero-order valence-electron chi connectivity index (χ0n) is 9.74. The summed E-state index contributed by atoms with van der Waals surface area (Å²) in [4.78, 5) is 24.6. The average Bonchev–Trinajstić information content (AvgIpc) is 2.42. The summed E-state index contributed by atoms with van der Waals surface area (Å²) in [5.74, 6) is -1.62. The van der Waals surface area contributed by atoms with Crippen molar-refractivity contribution < 1.29 is 14.0 Å². The molecule has 2 aromatic carbocycles. The van der Waals surface area contributed by atoms with Crippen LogP contribution in [0.4, 0.5) is 15.8 Å². The van der Waals surface area contributed by atoms with Crippen LogP contribution in [0.3, 0.4) is 0 Å². The summed E-state index contributed by atoms with van der Waals surface area (Å²) in [5, 5.41) is 0. The Morgan fingerprint density at radius 2 is 1.42 bits per heavy atom. The highest BCUT2D eigenvalue weighted by molar-refractivity contribution is 6.30. The smallest absolute Gasteiger partial charge is 0.196 e. The van der Waals surface area contributed by atoms with E-state index in [0.717, 1.165) is 6.07 Å². The first-order chi connectivity index (χ1) is 9.02. The topological polar surface area (TPSA) is 86.2 Å². The fourth-order valence-corrected chi connectivity index (χ4v) is 2.27. The first-order valence-corrected chi connectivity index (χ1v) is 5.58. The zero-order chi connectivity index (χ0) is 13.7. The number of halogens is 1. The Morgan fingerprint density at radius 1 is 0.842 bits per heavy atom. The molecule has 0 amide bonds. The molecule has 1 aliphatic rings. The Bertz CT molecular complexity index is 753.